The number of phenols is 3. The lowest BCUT2D eigenvalue weighted by atomic mass is 9.83. The highest BCUT2D eigenvalue weighted by Gasteiger charge is 2.29. The van der Waals surface area contributed by atoms with Gasteiger partial charge in [0.1, 0.15) is 41.0 Å². The zero-order valence-corrected chi connectivity index (χ0v) is 28.2. The summed E-state index contributed by atoms with van der Waals surface area (Å²) in [5.74, 6) is -3.14. The van der Waals surface area contributed by atoms with E-state index in [4.69, 9.17) is 5.11 Å². The molecule has 0 amide bonds. The zero-order chi connectivity index (χ0) is 37.6. The van der Waals surface area contributed by atoms with E-state index in [0.717, 1.165) is 36.5 Å². The van der Waals surface area contributed by atoms with Gasteiger partial charge in [0.05, 0.1) is 0 Å². The van der Waals surface area contributed by atoms with E-state index in [-0.39, 0.29) is 34.0 Å². The molecule has 0 aliphatic rings. The Morgan fingerprint density at radius 1 is 0.608 bits per heavy atom. The number of hydrogen-bond donors (Lipinski definition) is 3. The van der Waals surface area contributed by atoms with Crippen LogP contribution in [0.15, 0.2) is 103 Å². The van der Waals surface area contributed by atoms with Crippen molar-refractivity contribution in [2.45, 2.75) is 64.5 Å². The van der Waals surface area contributed by atoms with Gasteiger partial charge in [0.15, 0.2) is 0 Å². The van der Waals surface area contributed by atoms with Crippen LogP contribution in [0.25, 0.3) is 0 Å². The second-order valence-electron chi connectivity index (χ2n) is 11.8. The van der Waals surface area contributed by atoms with Crippen LogP contribution in [-0.2, 0) is 19.3 Å². The predicted octanol–water partition coefficient (Wildman–Crippen LogP) is 11.0. The van der Waals surface area contributed by atoms with Crippen molar-refractivity contribution < 1.29 is 46.5 Å². The Morgan fingerprint density at radius 3 is 1.53 bits per heavy atom. The number of hydrogen-bond acceptors (Lipinski definition) is 4. The third-order valence-corrected chi connectivity index (χ3v) is 7.83. The number of halogens is 6. The number of phenolic OH excluding ortho intramolecular Hbond substituents is 3. The Labute approximate surface area is 293 Å². The minimum Gasteiger partial charge on any atom is -0.508 e. The van der Waals surface area contributed by atoms with Crippen LogP contribution in [0, 0.1) is 17.5 Å². The molecular weight excluding hydrogens is 670 g/mol. The second-order valence-corrected chi connectivity index (χ2v) is 11.8. The molecule has 270 valence electrons. The van der Waals surface area contributed by atoms with Gasteiger partial charge in [-0.3, -0.25) is 4.79 Å². The van der Waals surface area contributed by atoms with Crippen molar-refractivity contribution in [3.63, 3.8) is 0 Å². The quantitative estimate of drug-likeness (QED) is 0.0766. The number of rotatable bonds is 10. The molecule has 0 aromatic heterocycles. The molecule has 1 unspecified atom stereocenters. The average Bonchev–Trinajstić information content (AvgIpc) is 3.10. The number of aryl methyl sites for hydroxylation is 3. The van der Waals surface area contributed by atoms with Crippen LogP contribution >= 0.6 is 0 Å². The summed E-state index contributed by atoms with van der Waals surface area (Å²) in [5.41, 5.74) is 2.06. The lowest BCUT2D eigenvalue weighted by Gasteiger charge is -2.22. The zero-order valence-electron chi connectivity index (χ0n) is 28.2. The van der Waals surface area contributed by atoms with E-state index in [0.29, 0.717) is 36.0 Å². The van der Waals surface area contributed by atoms with Crippen molar-refractivity contribution >= 4 is 6.29 Å². The Morgan fingerprint density at radius 2 is 1.08 bits per heavy atom. The minimum absolute atomic E-state index is 0.0161. The normalized spacial score (nSPS) is 11.5. The van der Waals surface area contributed by atoms with E-state index in [1.807, 2.05) is 32.0 Å². The summed E-state index contributed by atoms with van der Waals surface area (Å²) in [6.45, 7) is 3.85. The summed E-state index contributed by atoms with van der Waals surface area (Å²) in [6.07, 6.45) is -2.81. The molecule has 0 saturated carbocycles. The summed E-state index contributed by atoms with van der Waals surface area (Å²) in [6, 6.07) is 26.1. The maximum atomic E-state index is 14.7. The third-order valence-electron chi connectivity index (χ3n) is 7.83. The van der Waals surface area contributed by atoms with Gasteiger partial charge in [-0.25, -0.2) is 13.2 Å². The van der Waals surface area contributed by atoms with Crippen LogP contribution < -0.4 is 0 Å². The van der Waals surface area contributed by atoms with Crippen LogP contribution in [0.4, 0.5) is 26.3 Å². The van der Waals surface area contributed by atoms with E-state index in [9.17, 15) is 41.4 Å². The maximum Gasteiger partial charge on any atom is 0.389 e. The molecule has 0 aliphatic heterocycles. The fraction of sp³-hybridized carbons (Fsp3) is 0.244. The average molecular weight is 711 g/mol. The molecule has 51 heavy (non-hydrogen) atoms. The molecule has 0 heterocycles. The molecular formula is C41H40F6O4. The lowest BCUT2D eigenvalue weighted by molar-refractivity contribution is -0.134. The Bertz CT molecular complexity index is 1840. The standard InChI is InChI=1S/C25H23F5O2.C9H11FO.C7H6O/c1-2-6-16-11-22(31)18(13-20(16)26)24(15-7-4-3-5-8-15)19-14-21(27)17(12-23(19)32)9-10-25(28,29)30;1-2-3-7-6-8(11)4-5-9(7)10;8-6-7-4-2-1-3-5-7/h3-5,7-8,11-14,24,31-32H,2,6,9-10H2,1H3;4-6,11H,2-3H2,1H3;1-6H. The molecule has 0 radical (unpaired) electrons. The summed E-state index contributed by atoms with van der Waals surface area (Å²) < 4.78 is 79.9. The molecule has 5 aromatic rings. The van der Waals surface area contributed by atoms with Gasteiger partial charge >= 0.3 is 6.18 Å². The third kappa shape index (κ3) is 12.2. The number of aromatic hydroxyl groups is 3. The molecule has 0 saturated heterocycles. The van der Waals surface area contributed by atoms with Gasteiger partial charge in [-0.1, -0.05) is 87.4 Å². The van der Waals surface area contributed by atoms with Crippen LogP contribution in [0.2, 0.25) is 0 Å². The highest BCUT2D eigenvalue weighted by Crippen LogP contribution is 2.42. The highest BCUT2D eigenvalue weighted by molar-refractivity contribution is 5.74. The first-order valence-corrected chi connectivity index (χ1v) is 16.4. The van der Waals surface area contributed by atoms with Gasteiger partial charge in [0.25, 0.3) is 0 Å². The van der Waals surface area contributed by atoms with Crippen LogP contribution in [0.5, 0.6) is 17.2 Å². The van der Waals surface area contributed by atoms with Crippen molar-refractivity contribution in [3.05, 3.63) is 160 Å². The molecule has 3 N–H and O–H groups in total. The first kappa shape index (κ1) is 40.2. The minimum atomic E-state index is -4.46. The van der Waals surface area contributed by atoms with E-state index in [1.54, 1.807) is 42.5 Å². The van der Waals surface area contributed by atoms with E-state index >= 15 is 0 Å². The number of carbonyl (C=O) groups excluding carboxylic acids is 1. The van der Waals surface area contributed by atoms with Crippen LogP contribution in [0.3, 0.4) is 0 Å². The molecule has 0 bridgehead atoms. The fourth-order valence-corrected chi connectivity index (χ4v) is 5.36. The molecule has 0 fully saturated rings. The molecule has 0 spiro atoms. The predicted molar refractivity (Wildman–Crippen MR) is 186 cm³/mol. The number of benzene rings is 5. The van der Waals surface area contributed by atoms with Gasteiger partial charge in [-0.15, -0.1) is 0 Å². The molecule has 10 heteroatoms. The van der Waals surface area contributed by atoms with Crippen molar-refractivity contribution in [2.75, 3.05) is 0 Å². The summed E-state index contributed by atoms with van der Waals surface area (Å²) in [5, 5.41) is 30.3. The summed E-state index contributed by atoms with van der Waals surface area (Å²) in [4.78, 5) is 10.0. The maximum absolute atomic E-state index is 14.7. The monoisotopic (exact) mass is 710 g/mol. The van der Waals surface area contributed by atoms with Crippen molar-refractivity contribution in [3.8, 4) is 17.2 Å². The smallest absolute Gasteiger partial charge is 0.389 e. The molecule has 5 aromatic carbocycles. The SMILES string of the molecule is CCCc1cc(O)c(C(c2ccccc2)c2cc(F)c(CCC(F)(F)F)cc2O)cc1F.CCCc1cc(O)ccc1F.O=Cc1ccccc1. The first-order chi connectivity index (χ1) is 24.3. The van der Waals surface area contributed by atoms with Gasteiger partial charge in [-0.2, -0.15) is 13.2 Å². The molecule has 4 nitrogen and oxygen atoms in total. The molecule has 5 rings (SSSR count). The fourth-order valence-electron chi connectivity index (χ4n) is 5.36. The first-order valence-electron chi connectivity index (χ1n) is 16.4. The summed E-state index contributed by atoms with van der Waals surface area (Å²) in [7, 11) is 0. The Balaban J connectivity index is 0.000000298. The van der Waals surface area contributed by atoms with Gasteiger partial charge in [-0.05, 0) is 84.0 Å². The van der Waals surface area contributed by atoms with E-state index in [1.165, 1.54) is 24.3 Å². The second kappa shape index (κ2) is 19.2. The van der Waals surface area contributed by atoms with Gasteiger partial charge in [0.2, 0.25) is 0 Å². The van der Waals surface area contributed by atoms with Crippen LogP contribution in [0.1, 0.15) is 82.8 Å². The van der Waals surface area contributed by atoms with Crippen LogP contribution in [-0.4, -0.2) is 27.8 Å². The van der Waals surface area contributed by atoms with Gasteiger partial charge in [0, 0.05) is 29.0 Å². The Kier molecular flexibility index (Phi) is 15.1. The van der Waals surface area contributed by atoms with Crippen molar-refractivity contribution in [1.29, 1.82) is 0 Å². The van der Waals surface area contributed by atoms with Crippen molar-refractivity contribution in [1.82, 2.24) is 0 Å². The summed E-state index contributed by atoms with van der Waals surface area (Å²) >= 11 is 0. The number of alkyl halides is 3. The van der Waals surface area contributed by atoms with Gasteiger partial charge < -0.3 is 15.3 Å². The van der Waals surface area contributed by atoms with E-state index in [2.05, 4.69) is 0 Å². The van der Waals surface area contributed by atoms with E-state index < -0.39 is 42.3 Å². The largest absolute Gasteiger partial charge is 0.508 e. The lowest BCUT2D eigenvalue weighted by Crippen LogP contribution is -2.10. The molecule has 1 atom stereocenters. The molecule has 0 aliphatic carbocycles. The number of carbonyl (C=O) groups is 1. The topological polar surface area (TPSA) is 77.8 Å². The van der Waals surface area contributed by atoms with Crippen molar-refractivity contribution in [2.24, 2.45) is 0 Å². The Hall–Kier alpha value is -5.25. The highest BCUT2D eigenvalue weighted by atomic mass is 19.4. The number of aldehydes is 1.